The summed E-state index contributed by atoms with van der Waals surface area (Å²) >= 11 is 0. The van der Waals surface area contributed by atoms with Crippen molar-refractivity contribution in [2.45, 2.75) is 19.8 Å². The fraction of sp³-hybridized carbons (Fsp3) is 0.267. The highest BCUT2D eigenvalue weighted by Crippen LogP contribution is 2.30. The molecule has 0 bridgehead atoms. The summed E-state index contributed by atoms with van der Waals surface area (Å²) in [6.45, 7) is 1.78. The van der Waals surface area contributed by atoms with Crippen LogP contribution in [-0.2, 0) is 0 Å². The monoisotopic (exact) mass is 266 g/mol. The van der Waals surface area contributed by atoms with E-state index in [4.69, 9.17) is 5.73 Å². The molecule has 100 valence electrons. The van der Waals surface area contributed by atoms with E-state index in [9.17, 15) is 5.11 Å². The Morgan fingerprint density at radius 1 is 1.30 bits per heavy atom. The maximum atomic E-state index is 10.1. The van der Waals surface area contributed by atoms with Gasteiger partial charge in [-0.25, -0.2) is 4.98 Å². The van der Waals surface area contributed by atoms with Crippen LogP contribution < -0.4 is 5.73 Å². The second kappa shape index (κ2) is 4.82. The van der Waals surface area contributed by atoms with E-state index in [1.807, 2.05) is 6.07 Å². The molecule has 0 radical (unpaired) electrons. The van der Waals surface area contributed by atoms with E-state index in [0.717, 1.165) is 5.56 Å². The van der Waals surface area contributed by atoms with Crippen LogP contribution in [0.25, 0.3) is 11.3 Å². The standard InChI is InChI=1S/C15H14N4O/c1-9-14(18-19-15(16)17-9)12-7-6-11(8-13(12)20)5-4-10-2-3-10/h6-8,10,20H,2-3H2,1H3,(H2,16,17,19). The van der Waals surface area contributed by atoms with E-state index in [1.165, 1.54) is 12.8 Å². The molecule has 1 aliphatic carbocycles. The molecule has 3 N–H and O–H groups in total. The lowest BCUT2D eigenvalue weighted by molar-refractivity contribution is 0.476. The van der Waals surface area contributed by atoms with Crippen molar-refractivity contribution in [2.75, 3.05) is 5.73 Å². The van der Waals surface area contributed by atoms with Gasteiger partial charge in [-0.15, -0.1) is 10.2 Å². The van der Waals surface area contributed by atoms with Gasteiger partial charge < -0.3 is 10.8 Å². The first kappa shape index (κ1) is 12.4. The summed E-state index contributed by atoms with van der Waals surface area (Å²) in [4.78, 5) is 4.05. The van der Waals surface area contributed by atoms with Gasteiger partial charge in [0.25, 0.3) is 0 Å². The van der Waals surface area contributed by atoms with Crippen molar-refractivity contribution in [1.82, 2.24) is 15.2 Å². The van der Waals surface area contributed by atoms with Gasteiger partial charge in [-0.1, -0.05) is 11.8 Å². The van der Waals surface area contributed by atoms with E-state index < -0.39 is 0 Å². The third-order valence-corrected chi connectivity index (χ3v) is 3.13. The summed E-state index contributed by atoms with van der Waals surface area (Å²) in [6, 6.07) is 5.28. The Bertz CT molecular complexity index is 726. The lowest BCUT2D eigenvalue weighted by Gasteiger charge is -2.06. The predicted octanol–water partition coefficient (Wildman–Crippen LogP) is 1.90. The molecule has 0 saturated heterocycles. The number of rotatable bonds is 1. The van der Waals surface area contributed by atoms with Gasteiger partial charge in [0, 0.05) is 17.0 Å². The fourth-order valence-corrected chi connectivity index (χ4v) is 1.89. The average molecular weight is 266 g/mol. The van der Waals surface area contributed by atoms with Gasteiger partial charge in [-0.2, -0.15) is 0 Å². The summed E-state index contributed by atoms with van der Waals surface area (Å²) in [6.07, 6.45) is 2.37. The van der Waals surface area contributed by atoms with Crippen molar-refractivity contribution in [1.29, 1.82) is 0 Å². The Kier molecular flexibility index (Phi) is 2.99. The number of hydrogen-bond donors (Lipinski definition) is 2. The molecular weight excluding hydrogens is 252 g/mol. The van der Waals surface area contributed by atoms with Gasteiger partial charge in [0.15, 0.2) is 0 Å². The summed E-state index contributed by atoms with van der Waals surface area (Å²) in [5.74, 6) is 7.01. The smallest absolute Gasteiger partial charge is 0.240 e. The minimum atomic E-state index is 0.122. The van der Waals surface area contributed by atoms with Crippen molar-refractivity contribution in [3.05, 3.63) is 29.5 Å². The number of aryl methyl sites for hydroxylation is 1. The molecule has 5 heteroatoms. The van der Waals surface area contributed by atoms with Crippen LogP contribution in [0.3, 0.4) is 0 Å². The minimum Gasteiger partial charge on any atom is -0.507 e. The largest absolute Gasteiger partial charge is 0.507 e. The van der Waals surface area contributed by atoms with Crippen LogP contribution in [-0.4, -0.2) is 20.3 Å². The number of phenols is 1. The van der Waals surface area contributed by atoms with Crippen LogP contribution >= 0.6 is 0 Å². The maximum absolute atomic E-state index is 10.1. The van der Waals surface area contributed by atoms with Crippen LogP contribution in [0.2, 0.25) is 0 Å². The van der Waals surface area contributed by atoms with Crippen LogP contribution in [0.15, 0.2) is 18.2 Å². The highest BCUT2D eigenvalue weighted by atomic mass is 16.3. The number of phenolic OH excluding ortho intramolecular Hbond substituents is 1. The lowest BCUT2D eigenvalue weighted by atomic mass is 10.1. The Morgan fingerprint density at radius 2 is 2.10 bits per heavy atom. The molecule has 0 spiro atoms. The van der Waals surface area contributed by atoms with Crippen LogP contribution in [0.5, 0.6) is 5.75 Å². The maximum Gasteiger partial charge on any atom is 0.240 e. The normalized spacial score (nSPS) is 13.7. The van der Waals surface area contributed by atoms with Crippen LogP contribution in [0, 0.1) is 24.7 Å². The minimum absolute atomic E-state index is 0.122. The van der Waals surface area contributed by atoms with E-state index in [-0.39, 0.29) is 11.7 Å². The molecule has 1 saturated carbocycles. The Labute approximate surface area is 116 Å². The summed E-state index contributed by atoms with van der Waals surface area (Å²) in [5, 5.41) is 17.8. The van der Waals surface area contributed by atoms with Crippen molar-refractivity contribution >= 4 is 5.95 Å². The van der Waals surface area contributed by atoms with Crippen LogP contribution in [0.1, 0.15) is 24.1 Å². The number of anilines is 1. The summed E-state index contributed by atoms with van der Waals surface area (Å²) < 4.78 is 0. The zero-order valence-electron chi connectivity index (χ0n) is 11.1. The van der Waals surface area contributed by atoms with Gasteiger partial charge in [0.1, 0.15) is 11.4 Å². The fourth-order valence-electron chi connectivity index (χ4n) is 1.89. The molecule has 0 atom stereocenters. The topological polar surface area (TPSA) is 84.9 Å². The molecule has 0 aliphatic heterocycles. The van der Waals surface area contributed by atoms with Crippen LogP contribution in [0.4, 0.5) is 5.95 Å². The van der Waals surface area contributed by atoms with E-state index in [2.05, 4.69) is 27.0 Å². The molecule has 1 aromatic carbocycles. The van der Waals surface area contributed by atoms with Gasteiger partial charge in [-0.05, 0) is 38.0 Å². The number of nitrogens with zero attached hydrogens (tertiary/aromatic N) is 3. The number of hydrogen-bond acceptors (Lipinski definition) is 5. The molecule has 2 aromatic rings. The van der Waals surface area contributed by atoms with E-state index in [0.29, 0.717) is 22.9 Å². The molecule has 0 amide bonds. The first-order valence-corrected chi connectivity index (χ1v) is 6.45. The van der Waals surface area contributed by atoms with Crippen molar-refractivity contribution in [2.24, 2.45) is 5.92 Å². The van der Waals surface area contributed by atoms with Gasteiger partial charge in [0.2, 0.25) is 5.95 Å². The molecular formula is C15H14N4O. The lowest BCUT2D eigenvalue weighted by Crippen LogP contribution is -2.02. The highest BCUT2D eigenvalue weighted by molar-refractivity contribution is 5.69. The number of aromatic hydroxyl groups is 1. The predicted molar refractivity (Wildman–Crippen MR) is 75.7 cm³/mol. The third kappa shape index (κ3) is 2.54. The first-order chi connectivity index (χ1) is 9.63. The Hall–Kier alpha value is -2.61. The molecule has 1 aliphatic rings. The van der Waals surface area contributed by atoms with Crippen molar-refractivity contribution in [3.8, 4) is 28.8 Å². The molecule has 5 nitrogen and oxygen atoms in total. The molecule has 1 fully saturated rings. The molecule has 1 aromatic heterocycles. The summed E-state index contributed by atoms with van der Waals surface area (Å²) in [7, 11) is 0. The van der Waals surface area contributed by atoms with Crippen molar-refractivity contribution in [3.63, 3.8) is 0 Å². The number of aromatic nitrogens is 3. The van der Waals surface area contributed by atoms with E-state index in [1.54, 1.807) is 19.1 Å². The number of benzene rings is 1. The van der Waals surface area contributed by atoms with E-state index >= 15 is 0 Å². The van der Waals surface area contributed by atoms with Crippen molar-refractivity contribution < 1.29 is 5.11 Å². The Morgan fingerprint density at radius 3 is 2.75 bits per heavy atom. The Balaban J connectivity index is 1.96. The molecule has 1 heterocycles. The zero-order chi connectivity index (χ0) is 14.1. The van der Waals surface area contributed by atoms with Gasteiger partial charge >= 0.3 is 0 Å². The average Bonchev–Trinajstić information content (AvgIpc) is 3.22. The third-order valence-electron chi connectivity index (χ3n) is 3.13. The number of nitrogen functional groups attached to an aromatic ring is 1. The van der Waals surface area contributed by atoms with Gasteiger partial charge in [0.05, 0.1) is 5.69 Å². The SMILES string of the molecule is Cc1nc(N)nnc1-c1ccc(C#CC2CC2)cc1O. The quantitative estimate of drug-likeness (QED) is 0.770. The second-order valence-corrected chi connectivity index (χ2v) is 4.88. The second-order valence-electron chi connectivity index (χ2n) is 4.88. The first-order valence-electron chi connectivity index (χ1n) is 6.45. The highest BCUT2D eigenvalue weighted by Gasteiger charge is 2.18. The zero-order valence-corrected chi connectivity index (χ0v) is 11.1. The van der Waals surface area contributed by atoms with Gasteiger partial charge in [-0.3, -0.25) is 0 Å². The summed E-state index contributed by atoms with van der Waals surface area (Å²) in [5.41, 5.74) is 8.01. The molecule has 20 heavy (non-hydrogen) atoms. The molecule has 0 unspecified atom stereocenters. The molecule has 3 rings (SSSR count). The number of nitrogens with two attached hydrogens (primary N) is 1.